The van der Waals surface area contributed by atoms with Crippen LogP contribution in [0.5, 0.6) is 5.75 Å². The first-order valence-corrected chi connectivity index (χ1v) is 11.6. The van der Waals surface area contributed by atoms with Crippen molar-refractivity contribution in [1.29, 1.82) is 0 Å². The zero-order chi connectivity index (χ0) is 22.9. The van der Waals surface area contributed by atoms with E-state index in [2.05, 4.69) is 25.6 Å². The van der Waals surface area contributed by atoms with Gasteiger partial charge in [-0.25, -0.2) is 9.97 Å². The van der Waals surface area contributed by atoms with E-state index < -0.39 is 0 Å². The SMILES string of the molecule is CC(=O)c1ccc(OCC2CC2)c(-c2ncnc3c(C(=O)NC4CCNCC4)c(C)[nH]c23)c1.Cl. The number of Topliss-reactive ketones (excluding diaryl/α,β-unsaturated/α-hetero) is 1. The van der Waals surface area contributed by atoms with Crippen LogP contribution in [-0.2, 0) is 0 Å². The van der Waals surface area contributed by atoms with Crippen molar-refractivity contribution in [3.63, 3.8) is 0 Å². The number of hydrogen-bond acceptors (Lipinski definition) is 6. The number of nitrogens with one attached hydrogen (secondary N) is 3. The van der Waals surface area contributed by atoms with Gasteiger partial charge in [-0.2, -0.15) is 0 Å². The van der Waals surface area contributed by atoms with E-state index in [9.17, 15) is 9.59 Å². The summed E-state index contributed by atoms with van der Waals surface area (Å²) < 4.78 is 6.11. The lowest BCUT2D eigenvalue weighted by Crippen LogP contribution is -2.42. The fraction of sp³-hybridized carbons (Fsp3) is 0.440. The molecule has 8 nitrogen and oxygen atoms in total. The molecule has 1 aliphatic heterocycles. The molecule has 0 atom stereocenters. The van der Waals surface area contributed by atoms with Crippen LogP contribution in [0.2, 0.25) is 0 Å². The maximum absolute atomic E-state index is 13.2. The zero-order valence-electron chi connectivity index (χ0n) is 19.4. The van der Waals surface area contributed by atoms with E-state index >= 15 is 0 Å². The van der Waals surface area contributed by atoms with Gasteiger partial charge in [0, 0.05) is 22.9 Å². The van der Waals surface area contributed by atoms with E-state index in [0.29, 0.717) is 46.1 Å². The molecule has 1 aliphatic carbocycles. The van der Waals surface area contributed by atoms with Gasteiger partial charge in [0.25, 0.3) is 5.91 Å². The van der Waals surface area contributed by atoms with Gasteiger partial charge in [-0.05, 0) is 76.7 Å². The fourth-order valence-corrected chi connectivity index (χ4v) is 4.38. The third-order valence-electron chi connectivity index (χ3n) is 6.49. The predicted octanol–water partition coefficient (Wildman–Crippen LogP) is 3.83. The maximum atomic E-state index is 13.2. The van der Waals surface area contributed by atoms with Crippen LogP contribution in [0.4, 0.5) is 0 Å². The number of amides is 1. The Labute approximate surface area is 204 Å². The van der Waals surface area contributed by atoms with Crippen molar-refractivity contribution in [1.82, 2.24) is 25.6 Å². The first-order valence-electron chi connectivity index (χ1n) is 11.6. The molecule has 2 aromatic heterocycles. The Morgan fingerprint density at radius 3 is 2.62 bits per heavy atom. The Morgan fingerprint density at radius 2 is 1.91 bits per heavy atom. The molecule has 0 spiro atoms. The fourth-order valence-electron chi connectivity index (χ4n) is 4.38. The summed E-state index contributed by atoms with van der Waals surface area (Å²) in [5.74, 6) is 1.12. The molecule has 2 aliphatic rings. The highest BCUT2D eigenvalue weighted by molar-refractivity contribution is 6.09. The minimum atomic E-state index is -0.127. The molecule has 3 heterocycles. The first-order chi connectivity index (χ1) is 16.0. The number of ketones is 1. The Bertz CT molecular complexity index is 1210. The van der Waals surface area contributed by atoms with E-state index in [-0.39, 0.29) is 30.1 Å². The number of hydrogen-bond donors (Lipinski definition) is 3. The summed E-state index contributed by atoms with van der Waals surface area (Å²) in [5.41, 5.74) is 4.45. The number of aromatic amines is 1. The van der Waals surface area contributed by atoms with Gasteiger partial charge in [0.05, 0.1) is 17.7 Å². The summed E-state index contributed by atoms with van der Waals surface area (Å²) in [5, 5.41) is 6.47. The standard InChI is InChI=1S/C25H29N5O3.ClH/c1-14-21(25(32)30-18-7-9-26-10-8-18)23-24(29-14)22(27-13-28-23)19-11-17(15(2)31)5-6-20(19)33-12-16-3-4-16;/h5-6,11,13,16,18,26,29H,3-4,7-10,12H2,1-2H3,(H,30,32);1H. The van der Waals surface area contributed by atoms with Crippen LogP contribution in [0.25, 0.3) is 22.3 Å². The number of halogens is 1. The van der Waals surface area contributed by atoms with Crippen LogP contribution in [0, 0.1) is 12.8 Å². The third-order valence-corrected chi connectivity index (χ3v) is 6.49. The van der Waals surface area contributed by atoms with Gasteiger partial charge in [0.2, 0.25) is 0 Å². The average Bonchev–Trinajstić information content (AvgIpc) is 3.57. The topological polar surface area (TPSA) is 109 Å². The molecule has 3 aromatic rings. The van der Waals surface area contributed by atoms with Gasteiger partial charge in [-0.3, -0.25) is 9.59 Å². The van der Waals surface area contributed by atoms with Gasteiger partial charge in [0.15, 0.2) is 5.78 Å². The average molecular weight is 484 g/mol. The molecule has 34 heavy (non-hydrogen) atoms. The lowest BCUT2D eigenvalue weighted by atomic mass is 10.0. The number of aryl methyl sites for hydroxylation is 1. The number of rotatable bonds is 7. The second-order valence-corrected chi connectivity index (χ2v) is 9.09. The second kappa shape index (κ2) is 10.1. The summed E-state index contributed by atoms with van der Waals surface area (Å²) in [4.78, 5) is 37.6. The highest BCUT2D eigenvalue weighted by Crippen LogP contribution is 2.37. The van der Waals surface area contributed by atoms with E-state index in [0.717, 1.165) is 37.2 Å². The maximum Gasteiger partial charge on any atom is 0.255 e. The quantitative estimate of drug-likeness (QED) is 0.441. The summed E-state index contributed by atoms with van der Waals surface area (Å²) in [6, 6.07) is 5.59. The van der Waals surface area contributed by atoms with Crippen LogP contribution in [-0.4, -0.2) is 52.4 Å². The minimum Gasteiger partial charge on any atom is -0.493 e. The molecule has 0 radical (unpaired) electrons. The largest absolute Gasteiger partial charge is 0.493 e. The second-order valence-electron chi connectivity index (χ2n) is 9.09. The van der Waals surface area contributed by atoms with Crippen molar-refractivity contribution in [2.75, 3.05) is 19.7 Å². The Hall–Kier alpha value is -2.97. The lowest BCUT2D eigenvalue weighted by molar-refractivity contribution is 0.0929. The van der Waals surface area contributed by atoms with Gasteiger partial charge in [-0.15, -0.1) is 12.4 Å². The molecular formula is C25H30ClN5O3. The molecule has 1 amide bonds. The molecule has 1 saturated heterocycles. The van der Waals surface area contributed by atoms with Crippen LogP contribution >= 0.6 is 12.4 Å². The highest BCUT2D eigenvalue weighted by atomic mass is 35.5. The number of piperidine rings is 1. The van der Waals surface area contributed by atoms with Crippen LogP contribution < -0.4 is 15.4 Å². The number of nitrogens with zero attached hydrogens (tertiary/aromatic N) is 2. The molecule has 2 fully saturated rings. The number of carbonyl (C=O) groups is 2. The van der Waals surface area contributed by atoms with Gasteiger partial charge >= 0.3 is 0 Å². The highest BCUT2D eigenvalue weighted by Gasteiger charge is 2.26. The van der Waals surface area contributed by atoms with E-state index in [1.165, 1.54) is 19.2 Å². The monoisotopic (exact) mass is 483 g/mol. The molecule has 5 rings (SSSR count). The first kappa shape index (κ1) is 24.2. The summed E-state index contributed by atoms with van der Waals surface area (Å²) >= 11 is 0. The van der Waals surface area contributed by atoms with Crippen LogP contribution in [0.1, 0.15) is 59.0 Å². The molecule has 180 valence electrons. The molecule has 9 heteroatoms. The van der Waals surface area contributed by atoms with Crippen molar-refractivity contribution in [3.05, 3.63) is 41.3 Å². The molecular weight excluding hydrogens is 454 g/mol. The number of fused-ring (bicyclic) bond motifs is 1. The number of ether oxygens (including phenoxy) is 1. The Balaban J connectivity index is 0.00000274. The van der Waals surface area contributed by atoms with Crippen molar-refractivity contribution in [2.45, 2.75) is 45.6 Å². The molecule has 0 bridgehead atoms. The lowest BCUT2D eigenvalue weighted by Gasteiger charge is -2.23. The Kier molecular flexibility index (Phi) is 7.19. The van der Waals surface area contributed by atoms with Crippen molar-refractivity contribution in [3.8, 4) is 17.0 Å². The summed E-state index contributed by atoms with van der Waals surface area (Å²) in [6.07, 6.45) is 5.66. The normalized spacial score (nSPS) is 16.2. The number of H-pyrrole nitrogens is 1. The Morgan fingerprint density at radius 1 is 1.15 bits per heavy atom. The van der Waals surface area contributed by atoms with Crippen molar-refractivity contribution >= 4 is 35.1 Å². The van der Waals surface area contributed by atoms with Gasteiger partial charge < -0.3 is 20.4 Å². The van der Waals surface area contributed by atoms with Crippen LogP contribution in [0.3, 0.4) is 0 Å². The predicted molar refractivity (Wildman–Crippen MR) is 133 cm³/mol. The summed E-state index contributed by atoms with van der Waals surface area (Å²) in [6.45, 7) is 5.87. The van der Waals surface area contributed by atoms with E-state index in [4.69, 9.17) is 4.74 Å². The third kappa shape index (κ3) is 4.93. The minimum absolute atomic E-state index is 0. The molecule has 1 aromatic carbocycles. The van der Waals surface area contributed by atoms with Crippen molar-refractivity contribution < 1.29 is 14.3 Å². The molecule has 3 N–H and O–H groups in total. The van der Waals surface area contributed by atoms with Gasteiger partial charge in [0.1, 0.15) is 23.3 Å². The van der Waals surface area contributed by atoms with Gasteiger partial charge in [-0.1, -0.05) is 0 Å². The smallest absolute Gasteiger partial charge is 0.255 e. The summed E-state index contributed by atoms with van der Waals surface area (Å²) in [7, 11) is 0. The van der Waals surface area contributed by atoms with Crippen LogP contribution in [0.15, 0.2) is 24.5 Å². The van der Waals surface area contributed by atoms with Crippen molar-refractivity contribution in [2.24, 2.45) is 5.92 Å². The van der Waals surface area contributed by atoms with E-state index in [1.807, 2.05) is 19.1 Å². The molecule has 0 unspecified atom stereocenters. The zero-order valence-corrected chi connectivity index (χ0v) is 20.3. The number of carbonyl (C=O) groups excluding carboxylic acids is 2. The van der Waals surface area contributed by atoms with E-state index in [1.54, 1.807) is 13.0 Å². The molecule has 1 saturated carbocycles. The number of aromatic nitrogens is 3. The number of benzene rings is 1.